The van der Waals surface area contributed by atoms with Crippen molar-refractivity contribution in [2.24, 2.45) is 0 Å². The molecule has 0 radical (unpaired) electrons. The first-order valence-corrected chi connectivity index (χ1v) is 4.52. The molecule has 72 valence electrons. The van der Waals surface area contributed by atoms with E-state index in [1.807, 2.05) is 6.92 Å². The monoisotopic (exact) mass is 201 g/mol. The van der Waals surface area contributed by atoms with Crippen molar-refractivity contribution in [3.8, 4) is 0 Å². The van der Waals surface area contributed by atoms with Crippen molar-refractivity contribution in [1.29, 1.82) is 0 Å². The summed E-state index contributed by atoms with van der Waals surface area (Å²) in [6.45, 7) is 3.20. The van der Waals surface area contributed by atoms with E-state index in [9.17, 15) is 4.79 Å². The van der Waals surface area contributed by atoms with Crippen LogP contribution in [0.15, 0.2) is 4.79 Å². The minimum absolute atomic E-state index is 0.196. The smallest absolute Gasteiger partial charge is 0.342 e. The Morgan fingerprint density at radius 1 is 1.62 bits per heavy atom. The zero-order valence-corrected chi connectivity index (χ0v) is 8.11. The van der Waals surface area contributed by atoms with E-state index in [1.54, 1.807) is 4.57 Å². The molecule has 2 rings (SSSR count). The van der Waals surface area contributed by atoms with Crippen molar-refractivity contribution in [2.45, 2.75) is 18.9 Å². The van der Waals surface area contributed by atoms with Gasteiger partial charge >= 0.3 is 5.69 Å². The normalized spacial score (nSPS) is 28.1. The molecule has 1 saturated heterocycles. The third-order valence-corrected chi connectivity index (χ3v) is 2.71. The molecule has 1 aliphatic heterocycles. The second-order valence-corrected chi connectivity index (χ2v) is 3.88. The Morgan fingerprint density at radius 3 is 2.85 bits per heavy atom. The van der Waals surface area contributed by atoms with Crippen molar-refractivity contribution in [3.05, 3.63) is 15.3 Å². The summed E-state index contributed by atoms with van der Waals surface area (Å²) in [5.41, 5.74) is -0.483. The second kappa shape index (κ2) is 2.81. The summed E-state index contributed by atoms with van der Waals surface area (Å²) in [4.78, 5) is 11.4. The Kier molecular flexibility index (Phi) is 1.88. The summed E-state index contributed by atoms with van der Waals surface area (Å²) in [5.74, 6) is 0. The highest BCUT2D eigenvalue weighted by molar-refractivity contribution is 7.71. The van der Waals surface area contributed by atoms with Crippen LogP contribution in [0.4, 0.5) is 0 Å². The fourth-order valence-electron chi connectivity index (χ4n) is 1.63. The first-order valence-electron chi connectivity index (χ1n) is 4.11. The van der Waals surface area contributed by atoms with Crippen LogP contribution < -0.4 is 5.69 Å². The Bertz CT molecular complexity index is 382. The van der Waals surface area contributed by atoms with Crippen molar-refractivity contribution in [3.63, 3.8) is 0 Å². The molecular formula is C7H11N3O2S. The van der Waals surface area contributed by atoms with Gasteiger partial charge in [0.1, 0.15) is 0 Å². The molecule has 1 fully saturated rings. The van der Waals surface area contributed by atoms with Gasteiger partial charge in [-0.05, 0) is 25.6 Å². The molecular weight excluding hydrogens is 190 g/mol. The fourth-order valence-corrected chi connectivity index (χ4v) is 1.99. The first-order chi connectivity index (χ1) is 6.13. The number of ether oxygens (including phenoxy) is 1. The Balaban J connectivity index is 2.56. The lowest BCUT2D eigenvalue weighted by atomic mass is 10.0. The molecule has 0 bridgehead atoms. The predicted molar refractivity (Wildman–Crippen MR) is 49.3 cm³/mol. The quantitative estimate of drug-likeness (QED) is 0.645. The highest BCUT2D eigenvalue weighted by atomic mass is 32.1. The van der Waals surface area contributed by atoms with Gasteiger partial charge in [0.05, 0.1) is 12.1 Å². The van der Waals surface area contributed by atoms with E-state index < -0.39 is 0 Å². The van der Waals surface area contributed by atoms with E-state index in [4.69, 9.17) is 17.0 Å². The van der Waals surface area contributed by atoms with Gasteiger partial charge < -0.3 is 4.74 Å². The summed E-state index contributed by atoms with van der Waals surface area (Å²) >= 11 is 5.00. The molecule has 2 heterocycles. The number of rotatable bonds is 1. The van der Waals surface area contributed by atoms with Crippen LogP contribution in [0.1, 0.15) is 13.3 Å². The standard InChI is InChI=1S/C7H11N3O2S/c1-7(2-3-12-4-7)10-5(11)8-9-6(10)13/h2-4H2,1H3,(H,8,11)(H,9,13). The second-order valence-electron chi connectivity index (χ2n) is 3.50. The largest absolute Gasteiger partial charge is 0.379 e. The molecule has 6 heteroatoms. The Morgan fingerprint density at radius 2 is 2.38 bits per heavy atom. The van der Waals surface area contributed by atoms with E-state index in [1.165, 1.54) is 0 Å². The molecule has 5 nitrogen and oxygen atoms in total. The van der Waals surface area contributed by atoms with Gasteiger partial charge in [0.25, 0.3) is 0 Å². The number of hydrogen-bond donors (Lipinski definition) is 2. The number of nitrogens with zero attached hydrogens (tertiary/aromatic N) is 1. The molecule has 0 saturated carbocycles. The molecule has 2 N–H and O–H groups in total. The molecule has 1 atom stereocenters. The Labute approximate surface area is 79.7 Å². The maximum Gasteiger partial charge on any atom is 0.342 e. The summed E-state index contributed by atoms with van der Waals surface area (Å²) < 4.78 is 7.24. The number of aromatic nitrogens is 3. The van der Waals surface area contributed by atoms with Gasteiger partial charge in [-0.15, -0.1) is 0 Å². The molecule has 0 aromatic carbocycles. The maximum atomic E-state index is 11.4. The van der Waals surface area contributed by atoms with E-state index in [2.05, 4.69) is 10.2 Å². The van der Waals surface area contributed by atoms with Crippen LogP contribution in [-0.4, -0.2) is 28.0 Å². The van der Waals surface area contributed by atoms with Crippen molar-refractivity contribution in [1.82, 2.24) is 14.8 Å². The van der Waals surface area contributed by atoms with Crippen LogP contribution >= 0.6 is 12.2 Å². The lowest BCUT2D eigenvalue weighted by molar-refractivity contribution is 0.159. The molecule has 0 aliphatic carbocycles. The number of nitrogens with one attached hydrogen (secondary N) is 2. The zero-order valence-electron chi connectivity index (χ0n) is 7.29. The van der Waals surface area contributed by atoms with Crippen LogP contribution in [0.3, 0.4) is 0 Å². The van der Waals surface area contributed by atoms with Crippen molar-refractivity contribution < 1.29 is 4.74 Å². The number of H-pyrrole nitrogens is 2. The molecule has 0 spiro atoms. The van der Waals surface area contributed by atoms with Crippen LogP contribution in [0, 0.1) is 4.77 Å². The maximum absolute atomic E-state index is 11.4. The first kappa shape index (κ1) is 8.71. The van der Waals surface area contributed by atoms with E-state index in [0.717, 1.165) is 6.42 Å². The number of aromatic amines is 2. The molecule has 13 heavy (non-hydrogen) atoms. The van der Waals surface area contributed by atoms with E-state index in [-0.39, 0.29) is 11.2 Å². The van der Waals surface area contributed by atoms with Gasteiger partial charge in [0.2, 0.25) is 0 Å². The fraction of sp³-hybridized carbons (Fsp3) is 0.714. The summed E-state index contributed by atoms with van der Waals surface area (Å²) in [5, 5.41) is 5.09. The predicted octanol–water partition coefficient (Wildman–Crippen LogP) is 0.369. The highest BCUT2D eigenvalue weighted by Crippen LogP contribution is 2.24. The summed E-state index contributed by atoms with van der Waals surface area (Å²) in [6, 6.07) is 0. The van der Waals surface area contributed by atoms with Crippen LogP contribution in [0.5, 0.6) is 0 Å². The lowest BCUT2D eigenvalue weighted by Crippen LogP contribution is -2.38. The Hall–Kier alpha value is -0.880. The zero-order chi connectivity index (χ0) is 9.47. The summed E-state index contributed by atoms with van der Waals surface area (Å²) in [7, 11) is 0. The topological polar surface area (TPSA) is 62.8 Å². The molecule has 1 aromatic rings. The van der Waals surface area contributed by atoms with E-state index in [0.29, 0.717) is 18.0 Å². The highest BCUT2D eigenvalue weighted by Gasteiger charge is 2.33. The molecule has 1 unspecified atom stereocenters. The van der Waals surface area contributed by atoms with E-state index >= 15 is 0 Å². The average molecular weight is 201 g/mol. The van der Waals surface area contributed by atoms with Gasteiger partial charge in [0, 0.05) is 6.61 Å². The third kappa shape index (κ3) is 1.26. The van der Waals surface area contributed by atoms with Crippen molar-refractivity contribution in [2.75, 3.05) is 13.2 Å². The number of hydrogen-bond acceptors (Lipinski definition) is 3. The lowest BCUT2D eigenvalue weighted by Gasteiger charge is -2.21. The van der Waals surface area contributed by atoms with Crippen LogP contribution in [0.2, 0.25) is 0 Å². The van der Waals surface area contributed by atoms with Gasteiger partial charge in [-0.3, -0.25) is 9.67 Å². The SMILES string of the molecule is CC1(n2c(=O)[nH][nH]c2=S)CCOC1. The summed E-state index contributed by atoms with van der Waals surface area (Å²) in [6.07, 6.45) is 0.822. The van der Waals surface area contributed by atoms with Crippen LogP contribution in [-0.2, 0) is 10.3 Å². The van der Waals surface area contributed by atoms with Gasteiger partial charge in [0.15, 0.2) is 4.77 Å². The van der Waals surface area contributed by atoms with Gasteiger partial charge in [-0.1, -0.05) is 0 Å². The van der Waals surface area contributed by atoms with Crippen LogP contribution in [0.25, 0.3) is 0 Å². The minimum atomic E-state index is -0.287. The minimum Gasteiger partial charge on any atom is -0.379 e. The molecule has 0 amide bonds. The third-order valence-electron chi connectivity index (χ3n) is 2.42. The molecule has 1 aliphatic rings. The van der Waals surface area contributed by atoms with Crippen molar-refractivity contribution >= 4 is 12.2 Å². The average Bonchev–Trinajstić information content (AvgIpc) is 2.60. The molecule has 1 aromatic heterocycles. The van der Waals surface area contributed by atoms with Gasteiger partial charge in [-0.2, -0.15) is 0 Å². The van der Waals surface area contributed by atoms with Gasteiger partial charge in [-0.25, -0.2) is 9.89 Å².